The van der Waals surface area contributed by atoms with Crippen molar-refractivity contribution in [1.29, 1.82) is 0 Å². The number of carbonyl (C=O) groups excluding carboxylic acids is 1. The number of aryl methyl sites for hydroxylation is 1. The van der Waals surface area contributed by atoms with Crippen molar-refractivity contribution < 1.29 is 9.53 Å². The lowest BCUT2D eigenvalue weighted by Gasteiger charge is -2.10. The van der Waals surface area contributed by atoms with Crippen LogP contribution in [0, 0.1) is 6.92 Å². The van der Waals surface area contributed by atoms with E-state index in [4.69, 9.17) is 16.3 Å². The Hall–Kier alpha value is -2.07. The van der Waals surface area contributed by atoms with E-state index in [0.717, 1.165) is 5.56 Å². The second kappa shape index (κ2) is 6.39. The Bertz CT molecular complexity index is 629. The summed E-state index contributed by atoms with van der Waals surface area (Å²) in [5, 5.41) is 3.21. The van der Waals surface area contributed by atoms with E-state index in [9.17, 15) is 4.79 Å². The standard InChI is InChI=1S/C15H15ClN2O2/c1-3-20-13-7-5-4-6-12(13)15(19)18-11-8-10(2)14(16)17-9-11/h4-9H,3H2,1-2H3,(H,18,19). The summed E-state index contributed by atoms with van der Waals surface area (Å²) in [5.41, 5.74) is 1.90. The van der Waals surface area contributed by atoms with Gasteiger partial charge in [-0.05, 0) is 37.6 Å². The van der Waals surface area contributed by atoms with E-state index in [1.165, 1.54) is 6.20 Å². The third kappa shape index (κ3) is 3.27. The lowest BCUT2D eigenvalue weighted by molar-refractivity contribution is 0.102. The topological polar surface area (TPSA) is 51.2 Å². The fourth-order valence-corrected chi connectivity index (χ4v) is 1.86. The van der Waals surface area contributed by atoms with E-state index < -0.39 is 0 Å². The first-order chi connectivity index (χ1) is 9.61. The zero-order chi connectivity index (χ0) is 14.5. The van der Waals surface area contributed by atoms with Gasteiger partial charge in [-0.25, -0.2) is 4.98 Å². The highest BCUT2D eigenvalue weighted by Gasteiger charge is 2.12. The van der Waals surface area contributed by atoms with Crippen molar-refractivity contribution in [3.63, 3.8) is 0 Å². The lowest BCUT2D eigenvalue weighted by atomic mass is 10.2. The van der Waals surface area contributed by atoms with Crippen molar-refractivity contribution in [2.75, 3.05) is 11.9 Å². The highest BCUT2D eigenvalue weighted by atomic mass is 35.5. The number of amides is 1. The molecule has 0 fully saturated rings. The predicted octanol–water partition coefficient (Wildman–Crippen LogP) is 3.69. The van der Waals surface area contributed by atoms with Gasteiger partial charge >= 0.3 is 0 Å². The number of para-hydroxylation sites is 1. The second-order valence-electron chi connectivity index (χ2n) is 4.21. The number of carbonyl (C=O) groups is 1. The molecule has 0 aliphatic rings. The minimum absolute atomic E-state index is 0.238. The average Bonchev–Trinajstić information content (AvgIpc) is 2.44. The Kier molecular flexibility index (Phi) is 4.58. The molecule has 0 atom stereocenters. The first-order valence-corrected chi connectivity index (χ1v) is 6.65. The zero-order valence-electron chi connectivity index (χ0n) is 11.3. The van der Waals surface area contributed by atoms with Crippen molar-refractivity contribution in [3.8, 4) is 5.75 Å². The van der Waals surface area contributed by atoms with E-state index in [1.807, 2.05) is 19.9 Å². The largest absolute Gasteiger partial charge is 0.493 e. The van der Waals surface area contributed by atoms with Gasteiger partial charge in [-0.1, -0.05) is 23.7 Å². The SMILES string of the molecule is CCOc1ccccc1C(=O)Nc1cnc(Cl)c(C)c1. The van der Waals surface area contributed by atoms with Gasteiger partial charge in [0.05, 0.1) is 24.1 Å². The van der Waals surface area contributed by atoms with Crippen LogP contribution in [-0.4, -0.2) is 17.5 Å². The van der Waals surface area contributed by atoms with E-state index in [1.54, 1.807) is 24.3 Å². The number of halogens is 1. The van der Waals surface area contributed by atoms with E-state index in [2.05, 4.69) is 10.3 Å². The Morgan fingerprint density at radius 2 is 2.15 bits per heavy atom. The molecule has 0 aliphatic carbocycles. The summed E-state index contributed by atoms with van der Waals surface area (Å²) in [6.45, 7) is 4.21. The molecule has 0 radical (unpaired) electrons. The summed E-state index contributed by atoms with van der Waals surface area (Å²) in [5.74, 6) is 0.323. The summed E-state index contributed by atoms with van der Waals surface area (Å²) >= 11 is 5.86. The molecule has 0 spiro atoms. The first kappa shape index (κ1) is 14.3. The van der Waals surface area contributed by atoms with Gasteiger partial charge in [0.25, 0.3) is 5.91 Å². The van der Waals surface area contributed by atoms with Gasteiger partial charge in [-0.15, -0.1) is 0 Å². The lowest BCUT2D eigenvalue weighted by Crippen LogP contribution is -2.14. The van der Waals surface area contributed by atoms with Gasteiger partial charge < -0.3 is 10.1 Å². The van der Waals surface area contributed by atoms with Gasteiger partial charge in [0, 0.05) is 0 Å². The van der Waals surface area contributed by atoms with Crippen molar-refractivity contribution >= 4 is 23.2 Å². The normalized spacial score (nSPS) is 10.2. The summed E-state index contributed by atoms with van der Waals surface area (Å²) in [7, 11) is 0. The number of benzene rings is 1. The van der Waals surface area contributed by atoms with Crippen molar-refractivity contribution in [1.82, 2.24) is 4.98 Å². The number of aromatic nitrogens is 1. The molecule has 0 saturated heterocycles. The van der Waals surface area contributed by atoms with Crippen LogP contribution in [0.25, 0.3) is 0 Å². The van der Waals surface area contributed by atoms with Crippen LogP contribution in [-0.2, 0) is 0 Å². The van der Waals surface area contributed by atoms with Crippen LogP contribution < -0.4 is 10.1 Å². The van der Waals surface area contributed by atoms with Crippen LogP contribution in [0.15, 0.2) is 36.5 Å². The molecule has 0 bridgehead atoms. The van der Waals surface area contributed by atoms with Crippen molar-refractivity contribution in [2.24, 2.45) is 0 Å². The predicted molar refractivity (Wildman–Crippen MR) is 79.5 cm³/mol. The minimum atomic E-state index is -0.238. The molecule has 1 amide bonds. The first-order valence-electron chi connectivity index (χ1n) is 6.27. The molecule has 0 unspecified atom stereocenters. The molecule has 1 heterocycles. The van der Waals surface area contributed by atoms with Crippen LogP contribution in [0.4, 0.5) is 5.69 Å². The number of nitrogens with one attached hydrogen (secondary N) is 1. The summed E-state index contributed by atoms with van der Waals surface area (Å²) in [4.78, 5) is 16.3. The second-order valence-corrected chi connectivity index (χ2v) is 4.57. The summed E-state index contributed by atoms with van der Waals surface area (Å²) in [6, 6.07) is 8.88. The maximum Gasteiger partial charge on any atom is 0.259 e. The molecule has 4 nitrogen and oxygen atoms in total. The highest BCUT2D eigenvalue weighted by Crippen LogP contribution is 2.21. The van der Waals surface area contributed by atoms with Gasteiger partial charge in [-0.2, -0.15) is 0 Å². The minimum Gasteiger partial charge on any atom is -0.493 e. The number of rotatable bonds is 4. The van der Waals surface area contributed by atoms with Crippen LogP contribution in [0.2, 0.25) is 5.15 Å². The molecule has 2 rings (SSSR count). The van der Waals surface area contributed by atoms with Crippen LogP contribution in [0.5, 0.6) is 5.75 Å². The highest BCUT2D eigenvalue weighted by molar-refractivity contribution is 6.30. The smallest absolute Gasteiger partial charge is 0.259 e. The molecular weight excluding hydrogens is 276 g/mol. The zero-order valence-corrected chi connectivity index (χ0v) is 12.1. The van der Waals surface area contributed by atoms with Gasteiger partial charge in [0.2, 0.25) is 0 Å². The van der Waals surface area contributed by atoms with Crippen LogP contribution >= 0.6 is 11.6 Å². The van der Waals surface area contributed by atoms with Crippen molar-refractivity contribution in [2.45, 2.75) is 13.8 Å². The summed E-state index contributed by atoms with van der Waals surface area (Å²) in [6.07, 6.45) is 1.52. The number of nitrogens with zero attached hydrogens (tertiary/aromatic N) is 1. The van der Waals surface area contributed by atoms with Gasteiger partial charge in [0.1, 0.15) is 10.9 Å². The number of pyridine rings is 1. The Labute approximate surface area is 122 Å². The number of hydrogen-bond donors (Lipinski definition) is 1. The fraction of sp³-hybridized carbons (Fsp3) is 0.200. The van der Waals surface area contributed by atoms with E-state index >= 15 is 0 Å². The fourth-order valence-electron chi connectivity index (χ4n) is 1.76. The Morgan fingerprint density at radius 3 is 2.85 bits per heavy atom. The maximum absolute atomic E-state index is 12.3. The Balaban J connectivity index is 2.21. The van der Waals surface area contributed by atoms with Crippen LogP contribution in [0.3, 0.4) is 0 Å². The molecule has 0 saturated carbocycles. The molecule has 1 N–H and O–H groups in total. The van der Waals surface area contributed by atoms with E-state index in [-0.39, 0.29) is 5.91 Å². The maximum atomic E-state index is 12.3. The van der Waals surface area contributed by atoms with E-state index in [0.29, 0.717) is 28.8 Å². The van der Waals surface area contributed by atoms with Gasteiger partial charge in [0.15, 0.2) is 0 Å². The molecule has 0 aliphatic heterocycles. The number of anilines is 1. The molecule has 5 heteroatoms. The molecule has 20 heavy (non-hydrogen) atoms. The monoisotopic (exact) mass is 290 g/mol. The number of hydrogen-bond acceptors (Lipinski definition) is 3. The summed E-state index contributed by atoms with van der Waals surface area (Å²) < 4.78 is 5.44. The third-order valence-corrected chi connectivity index (χ3v) is 3.10. The third-order valence-electron chi connectivity index (χ3n) is 2.70. The van der Waals surface area contributed by atoms with Crippen LogP contribution in [0.1, 0.15) is 22.8 Å². The molecule has 1 aromatic carbocycles. The van der Waals surface area contributed by atoms with Gasteiger partial charge in [-0.3, -0.25) is 4.79 Å². The van der Waals surface area contributed by atoms with Crippen molar-refractivity contribution in [3.05, 3.63) is 52.8 Å². The molecule has 1 aromatic heterocycles. The quantitative estimate of drug-likeness (QED) is 0.874. The average molecular weight is 291 g/mol. The molecule has 2 aromatic rings. The number of ether oxygens (including phenoxy) is 1. The molecule has 104 valence electrons. The molecular formula is C15H15ClN2O2. The Morgan fingerprint density at radius 1 is 1.40 bits per heavy atom.